The van der Waals surface area contributed by atoms with Crippen molar-refractivity contribution in [1.29, 1.82) is 0 Å². The number of carbonyl (C=O) groups is 2. The maximum Gasteiger partial charge on any atom is 0.332 e. The second kappa shape index (κ2) is 9.51. The molecule has 4 nitrogen and oxygen atoms in total. The predicted molar refractivity (Wildman–Crippen MR) is 106 cm³/mol. The maximum atomic E-state index is 13.1. The molecular formula is C22H21ClFNO3. The van der Waals surface area contributed by atoms with E-state index < -0.39 is 18.0 Å². The van der Waals surface area contributed by atoms with Gasteiger partial charge in [0.2, 0.25) is 0 Å². The first-order valence-corrected chi connectivity index (χ1v) is 9.61. The van der Waals surface area contributed by atoms with E-state index in [-0.39, 0.29) is 5.91 Å². The number of esters is 1. The van der Waals surface area contributed by atoms with Gasteiger partial charge < -0.3 is 9.64 Å². The number of rotatable bonds is 4. The van der Waals surface area contributed by atoms with Crippen LogP contribution in [0.15, 0.2) is 54.6 Å². The fraction of sp³-hybridized carbons (Fsp3) is 0.273. The molecule has 1 aliphatic rings. The van der Waals surface area contributed by atoms with Crippen molar-refractivity contribution in [1.82, 2.24) is 4.90 Å². The van der Waals surface area contributed by atoms with E-state index in [1.807, 2.05) is 6.07 Å². The number of hydrogen-bond donors (Lipinski definition) is 0. The van der Waals surface area contributed by atoms with Crippen molar-refractivity contribution in [2.75, 3.05) is 6.54 Å². The molecule has 0 N–H and O–H groups in total. The lowest BCUT2D eigenvalue weighted by atomic mass is 10.2. The summed E-state index contributed by atoms with van der Waals surface area (Å²) in [5, 5.41) is 0.579. The highest BCUT2D eigenvalue weighted by Crippen LogP contribution is 2.21. The number of amides is 1. The summed E-state index contributed by atoms with van der Waals surface area (Å²) < 4.78 is 18.7. The molecule has 0 aliphatic carbocycles. The monoisotopic (exact) mass is 401 g/mol. The van der Waals surface area contributed by atoms with E-state index in [1.54, 1.807) is 29.2 Å². The lowest BCUT2D eigenvalue weighted by molar-refractivity contribution is -0.150. The summed E-state index contributed by atoms with van der Waals surface area (Å²) in [6.45, 7) is 0.492. The van der Waals surface area contributed by atoms with E-state index in [4.69, 9.17) is 16.3 Å². The number of carbonyl (C=O) groups excluding carboxylic acids is 2. The van der Waals surface area contributed by atoms with Crippen molar-refractivity contribution >= 4 is 29.6 Å². The highest BCUT2D eigenvalue weighted by molar-refractivity contribution is 6.30. The summed E-state index contributed by atoms with van der Waals surface area (Å²) in [5.41, 5.74) is 1.16. The van der Waals surface area contributed by atoms with Crippen LogP contribution in [0.1, 0.15) is 41.6 Å². The number of ether oxygens (including phenoxy) is 1. The lowest BCUT2D eigenvalue weighted by Crippen LogP contribution is -2.42. The summed E-state index contributed by atoms with van der Waals surface area (Å²) in [7, 11) is 0. The molecule has 1 amide bonds. The standard InChI is InChI=1S/C22H21ClFNO3/c23-18-6-4-5-16(15-18)8-13-21(26)28-20-7-2-1-3-14-25(20)22(27)17-9-11-19(24)12-10-17/h4-6,8-13,15,20H,1-3,7,14H2/b13-8+/t20-/m0/s1. The van der Waals surface area contributed by atoms with Crippen molar-refractivity contribution in [2.45, 2.75) is 31.9 Å². The van der Waals surface area contributed by atoms with Crippen LogP contribution >= 0.6 is 11.6 Å². The molecule has 1 fully saturated rings. The van der Waals surface area contributed by atoms with Gasteiger partial charge in [-0.2, -0.15) is 0 Å². The zero-order valence-corrected chi connectivity index (χ0v) is 16.1. The molecular weight excluding hydrogens is 381 g/mol. The van der Waals surface area contributed by atoms with Crippen LogP contribution in [-0.4, -0.2) is 29.5 Å². The number of hydrogen-bond acceptors (Lipinski definition) is 3. The molecule has 2 aromatic carbocycles. The minimum atomic E-state index is -0.642. The van der Waals surface area contributed by atoms with E-state index in [1.165, 1.54) is 30.3 Å². The molecule has 0 aromatic heterocycles. The zero-order chi connectivity index (χ0) is 19.9. The molecule has 0 saturated carbocycles. The van der Waals surface area contributed by atoms with Crippen LogP contribution in [0.5, 0.6) is 0 Å². The minimum absolute atomic E-state index is 0.265. The van der Waals surface area contributed by atoms with Crippen LogP contribution in [-0.2, 0) is 9.53 Å². The van der Waals surface area contributed by atoms with Gasteiger partial charge in [-0.1, -0.05) is 30.2 Å². The van der Waals surface area contributed by atoms with Gasteiger partial charge in [-0.25, -0.2) is 9.18 Å². The van der Waals surface area contributed by atoms with Crippen LogP contribution in [0, 0.1) is 5.82 Å². The minimum Gasteiger partial charge on any atom is -0.438 e. The Morgan fingerprint density at radius 2 is 1.89 bits per heavy atom. The highest BCUT2D eigenvalue weighted by Gasteiger charge is 2.28. The summed E-state index contributed by atoms with van der Waals surface area (Å²) in [5.74, 6) is -1.19. The van der Waals surface area contributed by atoms with Gasteiger partial charge in [0.15, 0.2) is 6.23 Å². The van der Waals surface area contributed by atoms with Crippen LogP contribution in [0.2, 0.25) is 5.02 Å². The van der Waals surface area contributed by atoms with Crippen molar-refractivity contribution < 1.29 is 18.7 Å². The summed E-state index contributed by atoms with van der Waals surface area (Å²) >= 11 is 5.94. The number of halogens is 2. The first kappa shape index (κ1) is 20.1. The molecule has 1 heterocycles. The predicted octanol–water partition coefficient (Wildman–Crippen LogP) is 5.08. The molecule has 6 heteroatoms. The average Bonchev–Trinajstić information content (AvgIpc) is 2.92. The Labute approximate surface area is 168 Å². The summed E-state index contributed by atoms with van der Waals surface area (Å²) in [4.78, 5) is 26.7. The normalized spacial score (nSPS) is 17.4. The molecule has 3 rings (SSSR count). The summed E-state index contributed by atoms with van der Waals surface area (Å²) in [6, 6.07) is 12.5. The van der Waals surface area contributed by atoms with Gasteiger partial charge >= 0.3 is 5.97 Å². The van der Waals surface area contributed by atoms with Gasteiger partial charge in [0.25, 0.3) is 5.91 Å². The van der Waals surface area contributed by atoms with E-state index in [0.29, 0.717) is 23.6 Å². The molecule has 2 aromatic rings. The van der Waals surface area contributed by atoms with Gasteiger partial charge in [0.05, 0.1) is 0 Å². The van der Waals surface area contributed by atoms with Crippen LogP contribution in [0.4, 0.5) is 4.39 Å². The third-order valence-corrected chi connectivity index (χ3v) is 4.80. The third-order valence-electron chi connectivity index (χ3n) is 4.56. The smallest absolute Gasteiger partial charge is 0.332 e. The van der Waals surface area contributed by atoms with E-state index in [2.05, 4.69) is 0 Å². The molecule has 0 spiro atoms. The summed E-state index contributed by atoms with van der Waals surface area (Å²) in [6.07, 6.45) is 5.54. The Morgan fingerprint density at radius 1 is 1.11 bits per heavy atom. The Morgan fingerprint density at radius 3 is 2.64 bits per heavy atom. The number of likely N-dealkylation sites (tertiary alicyclic amines) is 1. The molecule has 0 radical (unpaired) electrons. The number of nitrogens with zero attached hydrogens (tertiary/aromatic N) is 1. The molecule has 146 valence electrons. The first-order chi connectivity index (χ1) is 13.5. The van der Waals surface area contributed by atoms with E-state index in [0.717, 1.165) is 24.8 Å². The Hall–Kier alpha value is -2.66. The number of benzene rings is 2. The van der Waals surface area contributed by atoms with Crippen molar-refractivity contribution in [3.8, 4) is 0 Å². The van der Waals surface area contributed by atoms with Crippen molar-refractivity contribution in [2.24, 2.45) is 0 Å². The fourth-order valence-electron chi connectivity index (χ4n) is 3.14. The second-order valence-electron chi connectivity index (χ2n) is 6.63. The van der Waals surface area contributed by atoms with E-state index in [9.17, 15) is 14.0 Å². The molecule has 0 bridgehead atoms. The van der Waals surface area contributed by atoms with Crippen LogP contribution < -0.4 is 0 Å². The SMILES string of the molecule is O=C(/C=C/c1cccc(Cl)c1)O[C@H]1CCCCCN1C(=O)c1ccc(F)cc1. The third kappa shape index (κ3) is 5.42. The Balaban J connectivity index is 1.70. The largest absolute Gasteiger partial charge is 0.438 e. The van der Waals surface area contributed by atoms with E-state index >= 15 is 0 Å². The van der Waals surface area contributed by atoms with Crippen molar-refractivity contribution in [3.05, 3.63) is 76.6 Å². The topological polar surface area (TPSA) is 46.6 Å². The first-order valence-electron chi connectivity index (χ1n) is 9.24. The zero-order valence-electron chi connectivity index (χ0n) is 15.3. The van der Waals surface area contributed by atoms with Gasteiger partial charge in [-0.3, -0.25) is 4.79 Å². The molecule has 1 saturated heterocycles. The quantitative estimate of drug-likeness (QED) is 0.530. The Bertz CT molecular complexity index is 866. The highest BCUT2D eigenvalue weighted by atomic mass is 35.5. The molecule has 1 atom stereocenters. The fourth-order valence-corrected chi connectivity index (χ4v) is 3.34. The van der Waals surface area contributed by atoms with Gasteiger partial charge in [0, 0.05) is 29.6 Å². The average molecular weight is 402 g/mol. The van der Waals surface area contributed by atoms with Gasteiger partial charge in [0.1, 0.15) is 5.82 Å². The maximum absolute atomic E-state index is 13.1. The lowest BCUT2D eigenvalue weighted by Gasteiger charge is -2.29. The molecule has 0 unspecified atom stereocenters. The molecule has 1 aliphatic heterocycles. The van der Waals surface area contributed by atoms with Crippen LogP contribution in [0.3, 0.4) is 0 Å². The van der Waals surface area contributed by atoms with Gasteiger partial charge in [-0.05, 0) is 60.9 Å². The second-order valence-corrected chi connectivity index (χ2v) is 7.07. The Kier molecular flexibility index (Phi) is 6.82. The van der Waals surface area contributed by atoms with Crippen molar-refractivity contribution in [3.63, 3.8) is 0 Å². The van der Waals surface area contributed by atoms with Crippen LogP contribution in [0.25, 0.3) is 6.08 Å². The van der Waals surface area contributed by atoms with Gasteiger partial charge in [-0.15, -0.1) is 0 Å². The molecule has 28 heavy (non-hydrogen) atoms.